The second kappa shape index (κ2) is 6.06. The van der Waals surface area contributed by atoms with E-state index in [9.17, 15) is 4.79 Å². The Labute approximate surface area is 108 Å². The molecule has 0 fully saturated rings. The molecule has 0 saturated carbocycles. The van der Waals surface area contributed by atoms with Crippen LogP contribution in [0.4, 0.5) is 0 Å². The summed E-state index contributed by atoms with van der Waals surface area (Å²) in [6.45, 7) is 8.09. The second-order valence-electron chi connectivity index (χ2n) is 4.81. The van der Waals surface area contributed by atoms with E-state index in [4.69, 9.17) is 16.3 Å². The van der Waals surface area contributed by atoms with Crippen LogP contribution >= 0.6 is 11.6 Å². The first-order valence-corrected chi connectivity index (χ1v) is 6.25. The highest BCUT2D eigenvalue weighted by Gasteiger charge is 2.22. The van der Waals surface area contributed by atoms with Crippen molar-refractivity contribution in [2.24, 2.45) is 5.92 Å². The molecule has 0 aliphatic carbocycles. The van der Waals surface area contributed by atoms with Crippen molar-refractivity contribution in [2.45, 2.75) is 39.7 Å². The van der Waals surface area contributed by atoms with Gasteiger partial charge in [-0.3, -0.25) is 4.79 Å². The summed E-state index contributed by atoms with van der Waals surface area (Å²) in [5.74, 6) is 1.23. The van der Waals surface area contributed by atoms with Crippen LogP contribution < -0.4 is 4.74 Å². The standard InChI is InChI=1S/C14H19ClO2/c1-9(2)11-5-7-12(8-6-11)17-13(10(3)4)14(15)16/h5-10,13H,1-4H3. The van der Waals surface area contributed by atoms with E-state index in [1.54, 1.807) is 0 Å². The minimum atomic E-state index is -0.582. The third-order valence-electron chi connectivity index (χ3n) is 2.64. The summed E-state index contributed by atoms with van der Waals surface area (Å²) >= 11 is 5.51. The first kappa shape index (κ1) is 14.0. The zero-order valence-electron chi connectivity index (χ0n) is 10.7. The largest absolute Gasteiger partial charge is 0.481 e. The maximum absolute atomic E-state index is 11.2. The molecule has 1 aromatic carbocycles. The number of carbonyl (C=O) groups excluding carboxylic acids is 1. The van der Waals surface area contributed by atoms with Gasteiger partial charge in [0.05, 0.1) is 0 Å². The monoisotopic (exact) mass is 254 g/mol. The normalized spacial score (nSPS) is 12.9. The molecule has 3 heteroatoms. The molecular formula is C14H19ClO2. The van der Waals surface area contributed by atoms with E-state index in [-0.39, 0.29) is 5.92 Å². The van der Waals surface area contributed by atoms with Crippen molar-refractivity contribution < 1.29 is 9.53 Å². The topological polar surface area (TPSA) is 26.3 Å². The van der Waals surface area contributed by atoms with Gasteiger partial charge in [0.15, 0.2) is 6.10 Å². The Morgan fingerprint density at radius 1 is 1.12 bits per heavy atom. The molecule has 1 aromatic rings. The third-order valence-corrected chi connectivity index (χ3v) is 2.85. The lowest BCUT2D eigenvalue weighted by Gasteiger charge is -2.19. The molecule has 94 valence electrons. The van der Waals surface area contributed by atoms with Gasteiger partial charge in [-0.25, -0.2) is 0 Å². The molecule has 0 bridgehead atoms. The molecule has 0 aliphatic rings. The Morgan fingerprint density at radius 2 is 1.65 bits per heavy atom. The SMILES string of the molecule is CC(C)c1ccc(OC(C(=O)Cl)C(C)C)cc1. The first-order valence-electron chi connectivity index (χ1n) is 5.87. The molecule has 1 atom stereocenters. The molecule has 0 radical (unpaired) electrons. The fourth-order valence-corrected chi connectivity index (χ4v) is 1.82. The van der Waals surface area contributed by atoms with E-state index < -0.39 is 11.3 Å². The van der Waals surface area contributed by atoms with Crippen molar-refractivity contribution in [3.8, 4) is 5.75 Å². The van der Waals surface area contributed by atoms with Crippen LogP contribution in [0.5, 0.6) is 5.75 Å². The Morgan fingerprint density at radius 3 is 2.00 bits per heavy atom. The zero-order chi connectivity index (χ0) is 13.0. The van der Waals surface area contributed by atoms with Crippen molar-refractivity contribution in [3.63, 3.8) is 0 Å². The van der Waals surface area contributed by atoms with Crippen LogP contribution in [0.2, 0.25) is 0 Å². The van der Waals surface area contributed by atoms with E-state index in [1.165, 1.54) is 5.56 Å². The number of carbonyl (C=O) groups is 1. The van der Waals surface area contributed by atoms with Crippen molar-refractivity contribution >= 4 is 16.8 Å². The third kappa shape index (κ3) is 4.04. The van der Waals surface area contributed by atoms with Crippen LogP contribution in [0, 0.1) is 5.92 Å². The van der Waals surface area contributed by atoms with Crippen LogP contribution in [-0.2, 0) is 4.79 Å². The maximum Gasteiger partial charge on any atom is 0.262 e. The van der Waals surface area contributed by atoms with E-state index in [1.807, 2.05) is 38.1 Å². The number of hydrogen-bond donors (Lipinski definition) is 0. The lowest BCUT2D eigenvalue weighted by atomic mass is 10.0. The van der Waals surface area contributed by atoms with Gasteiger partial charge < -0.3 is 4.74 Å². The Hall–Kier alpha value is -1.02. The van der Waals surface area contributed by atoms with Gasteiger partial charge in [0.2, 0.25) is 0 Å². The summed E-state index contributed by atoms with van der Waals surface area (Å²) in [6.07, 6.45) is -0.582. The Bertz CT molecular complexity index is 368. The minimum Gasteiger partial charge on any atom is -0.481 e. The summed E-state index contributed by atoms with van der Waals surface area (Å²) in [4.78, 5) is 11.2. The highest BCUT2D eigenvalue weighted by atomic mass is 35.5. The molecule has 0 saturated heterocycles. The number of hydrogen-bond acceptors (Lipinski definition) is 2. The first-order chi connectivity index (χ1) is 7.91. The van der Waals surface area contributed by atoms with Crippen molar-refractivity contribution in [1.82, 2.24) is 0 Å². The van der Waals surface area contributed by atoms with E-state index in [0.29, 0.717) is 11.7 Å². The number of benzene rings is 1. The van der Waals surface area contributed by atoms with Gasteiger partial charge in [0, 0.05) is 0 Å². The van der Waals surface area contributed by atoms with Crippen molar-refractivity contribution in [1.29, 1.82) is 0 Å². The van der Waals surface area contributed by atoms with Gasteiger partial charge >= 0.3 is 0 Å². The summed E-state index contributed by atoms with van der Waals surface area (Å²) in [5.41, 5.74) is 1.25. The summed E-state index contributed by atoms with van der Waals surface area (Å²) < 4.78 is 5.59. The van der Waals surface area contributed by atoms with Crippen LogP contribution in [0.3, 0.4) is 0 Å². The fourth-order valence-electron chi connectivity index (χ4n) is 1.52. The van der Waals surface area contributed by atoms with Crippen LogP contribution in [-0.4, -0.2) is 11.3 Å². The molecule has 0 aromatic heterocycles. The van der Waals surface area contributed by atoms with Crippen molar-refractivity contribution in [2.75, 3.05) is 0 Å². The van der Waals surface area contributed by atoms with Crippen LogP contribution in [0.15, 0.2) is 24.3 Å². The predicted octanol–water partition coefficient (Wildman–Crippen LogP) is 3.98. The second-order valence-corrected chi connectivity index (χ2v) is 5.18. The predicted molar refractivity (Wildman–Crippen MR) is 70.6 cm³/mol. The smallest absolute Gasteiger partial charge is 0.262 e. The van der Waals surface area contributed by atoms with E-state index in [0.717, 1.165) is 0 Å². The average Bonchev–Trinajstić information content (AvgIpc) is 2.25. The average molecular weight is 255 g/mol. The molecule has 0 N–H and O–H groups in total. The lowest BCUT2D eigenvalue weighted by molar-refractivity contribution is -0.119. The zero-order valence-corrected chi connectivity index (χ0v) is 11.5. The molecule has 2 nitrogen and oxygen atoms in total. The van der Waals surface area contributed by atoms with E-state index >= 15 is 0 Å². The molecule has 1 unspecified atom stereocenters. The lowest BCUT2D eigenvalue weighted by Crippen LogP contribution is -2.29. The van der Waals surface area contributed by atoms with Gasteiger partial charge in [-0.05, 0) is 41.1 Å². The van der Waals surface area contributed by atoms with Crippen molar-refractivity contribution in [3.05, 3.63) is 29.8 Å². The number of ether oxygens (including phenoxy) is 1. The number of rotatable bonds is 5. The fraction of sp³-hybridized carbons (Fsp3) is 0.500. The molecule has 0 amide bonds. The minimum absolute atomic E-state index is 0.0600. The Kier molecular flexibility index (Phi) is 5.01. The highest BCUT2D eigenvalue weighted by molar-refractivity contribution is 6.64. The summed E-state index contributed by atoms with van der Waals surface area (Å²) in [7, 11) is 0. The van der Waals surface area contributed by atoms with Crippen LogP contribution in [0.25, 0.3) is 0 Å². The summed E-state index contributed by atoms with van der Waals surface area (Å²) in [6, 6.07) is 7.78. The van der Waals surface area contributed by atoms with Gasteiger partial charge in [-0.15, -0.1) is 0 Å². The molecule has 0 heterocycles. The van der Waals surface area contributed by atoms with E-state index in [2.05, 4.69) is 13.8 Å². The highest BCUT2D eigenvalue weighted by Crippen LogP contribution is 2.21. The molecule has 17 heavy (non-hydrogen) atoms. The molecule has 0 spiro atoms. The van der Waals surface area contributed by atoms with Gasteiger partial charge in [0.1, 0.15) is 5.75 Å². The summed E-state index contributed by atoms with van der Waals surface area (Å²) in [5, 5.41) is -0.451. The number of halogens is 1. The van der Waals surface area contributed by atoms with Gasteiger partial charge in [-0.1, -0.05) is 39.8 Å². The Balaban J connectivity index is 2.77. The maximum atomic E-state index is 11.2. The molecular weight excluding hydrogens is 236 g/mol. The van der Waals surface area contributed by atoms with Gasteiger partial charge in [0.25, 0.3) is 5.24 Å². The van der Waals surface area contributed by atoms with Gasteiger partial charge in [-0.2, -0.15) is 0 Å². The van der Waals surface area contributed by atoms with Crippen LogP contribution in [0.1, 0.15) is 39.2 Å². The molecule has 0 aliphatic heterocycles. The quantitative estimate of drug-likeness (QED) is 0.743. The molecule has 1 rings (SSSR count).